The van der Waals surface area contributed by atoms with Gasteiger partial charge < -0.3 is 14.9 Å². The molecule has 1 fully saturated rings. The Morgan fingerprint density at radius 2 is 2.20 bits per heavy atom. The zero-order valence-corrected chi connectivity index (χ0v) is 16.2. The van der Waals surface area contributed by atoms with Gasteiger partial charge in [-0.3, -0.25) is 0 Å². The standard InChI is InChI=1S/C19H27N3O2S/c1-12-5-7-16(22(11-12)19(23)24)14-6-8-17-15(10-14)20-18(25-17)9-13(2)21(3)4/h6,8,10,12-13,16H,5,7,9,11H2,1-4H3,(H,23,24)/t12-,13?,16+/m0/s1. The molecule has 3 atom stereocenters. The summed E-state index contributed by atoms with van der Waals surface area (Å²) in [7, 11) is 4.17. The minimum Gasteiger partial charge on any atom is -0.465 e. The van der Waals surface area contributed by atoms with E-state index in [1.54, 1.807) is 16.2 Å². The van der Waals surface area contributed by atoms with Crippen LogP contribution in [0.3, 0.4) is 0 Å². The van der Waals surface area contributed by atoms with Crippen molar-refractivity contribution < 1.29 is 9.90 Å². The summed E-state index contributed by atoms with van der Waals surface area (Å²) >= 11 is 1.74. The summed E-state index contributed by atoms with van der Waals surface area (Å²) in [5, 5.41) is 10.7. The van der Waals surface area contributed by atoms with Gasteiger partial charge in [-0.2, -0.15) is 0 Å². The van der Waals surface area contributed by atoms with Gasteiger partial charge in [-0.05, 0) is 57.5 Å². The first-order valence-corrected chi connectivity index (χ1v) is 9.72. The summed E-state index contributed by atoms with van der Waals surface area (Å²) in [5.74, 6) is 0.425. The summed E-state index contributed by atoms with van der Waals surface area (Å²) in [6.45, 7) is 4.93. The van der Waals surface area contributed by atoms with E-state index in [0.717, 1.165) is 35.4 Å². The number of hydrogen-bond acceptors (Lipinski definition) is 4. The van der Waals surface area contributed by atoms with Gasteiger partial charge in [-0.15, -0.1) is 11.3 Å². The number of piperidine rings is 1. The van der Waals surface area contributed by atoms with Gasteiger partial charge in [-0.1, -0.05) is 13.0 Å². The molecule has 0 aliphatic carbocycles. The van der Waals surface area contributed by atoms with Crippen LogP contribution >= 0.6 is 11.3 Å². The van der Waals surface area contributed by atoms with Gasteiger partial charge in [0.25, 0.3) is 0 Å². The number of aromatic nitrogens is 1. The van der Waals surface area contributed by atoms with E-state index in [1.807, 2.05) is 0 Å². The lowest BCUT2D eigenvalue weighted by Gasteiger charge is -2.37. The predicted octanol–water partition coefficient (Wildman–Crippen LogP) is 4.24. The van der Waals surface area contributed by atoms with E-state index in [2.05, 4.69) is 51.0 Å². The number of nitrogens with zero attached hydrogens (tertiary/aromatic N) is 3. The minimum absolute atomic E-state index is 0.0519. The van der Waals surface area contributed by atoms with Gasteiger partial charge in [0, 0.05) is 19.0 Å². The molecule has 1 unspecified atom stereocenters. The average molecular weight is 362 g/mol. The van der Waals surface area contributed by atoms with Crippen molar-refractivity contribution in [3.63, 3.8) is 0 Å². The lowest BCUT2D eigenvalue weighted by atomic mass is 9.90. The van der Waals surface area contributed by atoms with Crippen LogP contribution in [-0.2, 0) is 6.42 Å². The summed E-state index contributed by atoms with van der Waals surface area (Å²) < 4.78 is 1.18. The van der Waals surface area contributed by atoms with Crippen LogP contribution in [0.25, 0.3) is 10.2 Å². The summed E-state index contributed by atoms with van der Waals surface area (Å²) in [6.07, 6.45) is 2.06. The molecule has 0 radical (unpaired) electrons. The number of rotatable bonds is 4. The molecule has 136 valence electrons. The molecule has 0 bridgehead atoms. The largest absolute Gasteiger partial charge is 0.465 e. The molecule has 6 heteroatoms. The molecule has 2 aromatic rings. The Labute approximate surface area is 153 Å². The molecule has 1 aliphatic heterocycles. The Bertz CT molecular complexity index is 758. The van der Waals surface area contributed by atoms with Crippen molar-refractivity contribution >= 4 is 27.6 Å². The Balaban J connectivity index is 1.86. The molecule has 1 saturated heterocycles. The second-order valence-electron chi connectivity index (χ2n) is 7.48. The van der Waals surface area contributed by atoms with Gasteiger partial charge in [-0.25, -0.2) is 9.78 Å². The number of hydrogen-bond donors (Lipinski definition) is 1. The maximum Gasteiger partial charge on any atom is 0.407 e. The Morgan fingerprint density at radius 1 is 1.44 bits per heavy atom. The first-order chi connectivity index (χ1) is 11.8. The molecule has 2 heterocycles. The predicted molar refractivity (Wildman–Crippen MR) is 102 cm³/mol. The molecule has 3 rings (SSSR count). The third kappa shape index (κ3) is 3.96. The van der Waals surface area contributed by atoms with Gasteiger partial charge in [0.15, 0.2) is 0 Å². The maximum atomic E-state index is 11.6. The summed E-state index contributed by atoms with van der Waals surface area (Å²) in [5.41, 5.74) is 2.06. The minimum atomic E-state index is -0.824. The Hall–Kier alpha value is -1.66. The van der Waals surface area contributed by atoms with Crippen molar-refractivity contribution in [3.05, 3.63) is 28.8 Å². The second kappa shape index (κ2) is 7.30. The number of carboxylic acid groups (broad SMARTS) is 1. The van der Waals surface area contributed by atoms with Crippen LogP contribution in [0.2, 0.25) is 0 Å². The topological polar surface area (TPSA) is 56.7 Å². The van der Waals surface area contributed by atoms with Crippen molar-refractivity contribution in [1.82, 2.24) is 14.8 Å². The molecular formula is C19H27N3O2S. The van der Waals surface area contributed by atoms with E-state index < -0.39 is 6.09 Å². The van der Waals surface area contributed by atoms with Crippen molar-refractivity contribution in [2.24, 2.45) is 5.92 Å². The number of likely N-dealkylation sites (N-methyl/N-ethyl adjacent to an activating group) is 1. The van der Waals surface area contributed by atoms with Gasteiger partial charge in [0.1, 0.15) is 0 Å². The number of likely N-dealkylation sites (tertiary alicyclic amines) is 1. The molecule has 0 spiro atoms. The molecule has 1 aromatic heterocycles. The van der Waals surface area contributed by atoms with E-state index in [0.29, 0.717) is 18.5 Å². The van der Waals surface area contributed by atoms with Crippen LogP contribution in [0, 0.1) is 5.92 Å². The van der Waals surface area contributed by atoms with Crippen molar-refractivity contribution in [3.8, 4) is 0 Å². The quantitative estimate of drug-likeness (QED) is 0.885. The fourth-order valence-corrected chi connectivity index (χ4v) is 4.50. The molecule has 0 saturated carbocycles. The van der Waals surface area contributed by atoms with Crippen molar-refractivity contribution in [2.45, 2.75) is 45.2 Å². The van der Waals surface area contributed by atoms with Crippen LogP contribution in [0.5, 0.6) is 0 Å². The summed E-state index contributed by atoms with van der Waals surface area (Å²) in [4.78, 5) is 20.2. The fourth-order valence-electron chi connectivity index (χ4n) is 3.43. The number of thiazole rings is 1. The van der Waals surface area contributed by atoms with Crippen LogP contribution in [0.1, 0.15) is 43.3 Å². The van der Waals surface area contributed by atoms with Crippen molar-refractivity contribution in [2.75, 3.05) is 20.6 Å². The highest BCUT2D eigenvalue weighted by Crippen LogP contribution is 2.35. The van der Waals surface area contributed by atoms with E-state index in [9.17, 15) is 9.90 Å². The van der Waals surface area contributed by atoms with Crippen LogP contribution < -0.4 is 0 Å². The Morgan fingerprint density at radius 3 is 2.88 bits per heavy atom. The first-order valence-electron chi connectivity index (χ1n) is 8.90. The van der Waals surface area contributed by atoms with Crippen molar-refractivity contribution in [1.29, 1.82) is 0 Å². The molecule has 1 aromatic carbocycles. The van der Waals surface area contributed by atoms with E-state index in [4.69, 9.17) is 4.98 Å². The molecule has 1 amide bonds. The van der Waals surface area contributed by atoms with Gasteiger partial charge in [0.05, 0.1) is 21.3 Å². The third-order valence-electron chi connectivity index (χ3n) is 5.26. The number of carbonyl (C=O) groups is 1. The number of fused-ring (bicyclic) bond motifs is 1. The highest BCUT2D eigenvalue weighted by molar-refractivity contribution is 7.18. The molecular weight excluding hydrogens is 334 g/mol. The number of amides is 1. The fraction of sp³-hybridized carbons (Fsp3) is 0.579. The second-order valence-corrected chi connectivity index (χ2v) is 8.60. The Kier molecular flexibility index (Phi) is 5.29. The first kappa shape index (κ1) is 18.1. The monoisotopic (exact) mass is 361 g/mol. The smallest absolute Gasteiger partial charge is 0.407 e. The summed E-state index contributed by atoms with van der Waals surface area (Å²) in [6, 6.07) is 6.67. The molecule has 1 N–H and O–H groups in total. The van der Waals surface area contributed by atoms with E-state index >= 15 is 0 Å². The SMILES string of the molecule is CC(Cc1nc2cc([C@H]3CC[C@H](C)CN3C(=O)O)ccc2s1)N(C)C. The van der Waals surface area contributed by atoms with Gasteiger partial charge >= 0.3 is 6.09 Å². The molecule has 25 heavy (non-hydrogen) atoms. The zero-order valence-electron chi connectivity index (χ0n) is 15.4. The maximum absolute atomic E-state index is 11.6. The lowest BCUT2D eigenvalue weighted by molar-refractivity contribution is 0.0900. The third-order valence-corrected chi connectivity index (χ3v) is 6.31. The highest BCUT2D eigenvalue weighted by atomic mass is 32.1. The number of benzene rings is 1. The average Bonchev–Trinajstić information content (AvgIpc) is 2.95. The van der Waals surface area contributed by atoms with E-state index in [-0.39, 0.29) is 6.04 Å². The zero-order chi connectivity index (χ0) is 18.1. The van der Waals surface area contributed by atoms with Crippen LogP contribution in [0.15, 0.2) is 18.2 Å². The normalized spacial score (nSPS) is 22.5. The van der Waals surface area contributed by atoms with Crippen LogP contribution in [0.4, 0.5) is 4.79 Å². The molecule has 5 nitrogen and oxygen atoms in total. The molecule has 1 aliphatic rings. The van der Waals surface area contributed by atoms with Gasteiger partial charge in [0.2, 0.25) is 0 Å². The van der Waals surface area contributed by atoms with E-state index in [1.165, 1.54) is 4.70 Å². The van der Waals surface area contributed by atoms with Crippen LogP contribution in [-0.4, -0.2) is 52.7 Å². The highest BCUT2D eigenvalue weighted by Gasteiger charge is 2.31. The lowest BCUT2D eigenvalue weighted by Crippen LogP contribution is -2.40.